The maximum Gasteiger partial charge on any atom is 0.118 e. The number of benzene rings is 1. The van der Waals surface area contributed by atoms with Crippen LogP contribution in [0.5, 0.6) is 5.75 Å². The van der Waals surface area contributed by atoms with Crippen molar-refractivity contribution in [2.24, 2.45) is 5.73 Å². The van der Waals surface area contributed by atoms with Gasteiger partial charge in [0.25, 0.3) is 0 Å². The van der Waals surface area contributed by atoms with E-state index in [1.54, 1.807) is 7.11 Å². The van der Waals surface area contributed by atoms with Crippen LogP contribution in [0.2, 0.25) is 0 Å². The molecule has 3 nitrogen and oxygen atoms in total. The lowest BCUT2D eigenvalue weighted by Crippen LogP contribution is -2.03. The van der Waals surface area contributed by atoms with E-state index in [4.69, 9.17) is 10.5 Å². The van der Waals surface area contributed by atoms with Crippen LogP contribution < -0.4 is 10.5 Å². The fraction of sp³-hybridized carbons (Fsp3) is 0.455. The molecular weight excluding hydrogens is 178 g/mol. The Bertz CT molecular complexity index is 258. The van der Waals surface area contributed by atoms with E-state index >= 15 is 0 Å². The van der Waals surface area contributed by atoms with Crippen molar-refractivity contribution in [3.63, 3.8) is 0 Å². The highest BCUT2D eigenvalue weighted by atomic mass is 16.5. The van der Waals surface area contributed by atoms with Crippen LogP contribution in [0.4, 0.5) is 0 Å². The lowest BCUT2D eigenvalue weighted by atomic mass is 10.1. The Morgan fingerprint density at radius 2 is 2.00 bits per heavy atom. The Morgan fingerprint density at radius 1 is 1.36 bits per heavy atom. The van der Waals surface area contributed by atoms with Crippen molar-refractivity contribution in [1.82, 2.24) is 0 Å². The number of hydrogen-bond acceptors (Lipinski definition) is 3. The van der Waals surface area contributed by atoms with E-state index in [0.29, 0.717) is 13.0 Å². The summed E-state index contributed by atoms with van der Waals surface area (Å²) in [6.45, 7) is 0.618. The maximum absolute atomic E-state index is 9.72. The average Bonchev–Trinajstić information content (AvgIpc) is 2.26. The van der Waals surface area contributed by atoms with Crippen molar-refractivity contribution in [3.8, 4) is 5.75 Å². The van der Waals surface area contributed by atoms with Gasteiger partial charge >= 0.3 is 0 Å². The number of aliphatic hydroxyl groups is 1. The quantitative estimate of drug-likeness (QED) is 0.748. The first-order chi connectivity index (χ1) is 6.77. The van der Waals surface area contributed by atoms with E-state index in [1.807, 2.05) is 24.3 Å². The molecule has 78 valence electrons. The highest BCUT2D eigenvalue weighted by molar-refractivity contribution is 5.28. The standard InChI is InChI=1S/C11H17NO2/c1-14-10-6-4-9(5-7-10)11(13)3-2-8-12/h4-7,11,13H,2-3,8,12H2,1H3/t11-/m1/s1. The van der Waals surface area contributed by atoms with Crippen LogP contribution in [0.25, 0.3) is 0 Å². The first-order valence-corrected chi connectivity index (χ1v) is 4.80. The summed E-state index contributed by atoms with van der Waals surface area (Å²) in [4.78, 5) is 0. The number of hydrogen-bond donors (Lipinski definition) is 2. The van der Waals surface area contributed by atoms with E-state index in [2.05, 4.69) is 0 Å². The molecule has 0 heterocycles. The molecule has 3 N–H and O–H groups in total. The Balaban J connectivity index is 2.57. The minimum Gasteiger partial charge on any atom is -0.497 e. The van der Waals surface area contributed by atoms with Gasteiger partial charge in [-0.05, 0) is 37.1 Å². The molecule has 0 unspecified atom stereocenters. The molecule has 0 spiro atoms. The molecule has 0 aromatic heterocycles. The van der Waals surface area contributed by atoms with Crippen LogP contribution in [0.15, 0.2) is 24.3 Å². The van der Waals surface area contributed by atoms with Crippen molar-refractivity contribution >= 4 is 0 Å². The summed E-state index contributed by atoms with van der Waals surface area (Å²) in [6.07, 6.45) is 1.14. The Kier molecular flexibility index (Phi) is 4.43. The van der Waals surface area contributed by atoms with Gasteiger partial charge in [-0.15, -0.1) is 0 Å². The van der Waals surface area contributed by atoms with Gasteiger partial charge < -0.3 is 15.6 Å². The number of ether oxygens (including phenoxy) is 1. The van der Waals surface area contributed by atoms with E-state index in [-0.39, 0.29) is 0 Å². The largest absolute Gasteiger partial charge is 0.497 e. The molecule has 0 aliphatic rings. The summed E-state index contributed by atoms with van der Waals surface area (Å²) in [5.74, 6) is 0.805. The Hall–Kier alpha value is -1.06. The van der Waals surface area contributed by atoms with Gasteiger partial charge in [-0.3, -0.25) is 0 Å². The SMILES string of the molecule is COc1ccc([C@H](O)CCCN)cc1. The van der Waals surface area contributed by atoms with Gasteiger partial charge in [0.1, 0.15) is 5.75 Å². The fourth-order valence-electron chi connectivity index (χ4n) is 1.30. The monoisotopic (exact) mass is 195 g/mol. The first-order valence-electron chi connectivity index (χ1n) is 4.80. The molecule has 0 aliphatic heterocycles. The van der Waals surface area contributed by atoms with Crippen LogP contribution in [0.1, 0.15) is 24.5 Å². The second-order valence-corrected chi connectivity index (χ2v) is 3.22. The molecule has 0 fully saturated rings. The van der Waals surface area contributed by atoms with E-state index in [1.165, 1.54) is 0 Å². The molecule has 3 heteroatoms. The molecule has 0 saturated heterocycles. The second kappa shape index (κ2) is 5.62. The highest BCUT2D eigenvalue weighted by Gasteiger charge is 2.06. The van der Waals surface area contributed by atoms with Gasteiger partial charge in [0.05, 0.1) is 13.2 Å². The molecule has 1 rings (SSSR count). The number of methoxy groups -OCH3 is 1. The molecule has 0 bridgehead atoms. The summed E-state index contributed by atoms with van der Waals surface area (Å²) in [6, 6.07) is 7.45. The van der Waals surface area contributed by atoms with E-state index in [9.17, 15) is 5.11 Å². The molecule has 0 amide bonds. The molecule has 1 aromatic carbocycles. The van der Waals surface area contributed by atoms with Crippen LogP contribution in [-0.4, -0.2) is 18.8 Å². The van der Waals surface area contributed by atoms with Crippen LogP contribution >= 0.6 is 0 Å². The third-order valence-corrected chi connectivity index (χ3v) is 2.18. The van der Waals surface area contributed by atoms with E-state index < -0.39 is 6.10 Å². The molecule has 0 radical (unpaired) electrons. The molecule has 1 aromatic rings. The van der Waals surface area contributed by atoms with Gasteiger partial charge in [-0.25, -0.2) is 0 Å². The summed E-state index contributed by atoms with van der Waals surface area (Å²) < 4.78 is 5.03. The smallest absolute Gasteiger partial charge is 0.118 e. The van der Waals surface area contributed by atoms with Crippen LogP contribution in [0.3, 0.4) is 0 Å². The first kappa shape index (κ1) is 11.0. The average molecular weight is 195 g/mol. The minimum atomic E-state index is -0.413. The topological polar surface area (TPSA) is 55.5 Å². The van der Waals surface area contributed by atoms with Gasteiger partial charge in [-0.2, -0.15) is 0 Å². The predicted molar refractivity (Wildman–Crippen MR) is 56.2 cm³/mol. The summed E-state index contributed by atoms with van der Waals surface area (Å²) in [5.41, 5.74) is 6.29. The lowest BCUT2D eigenvalue weighted by Gasteiger charge is -2.10. The molecular formula is C11H17NO2. The van der Waals surface area contributed by atoms with Crippen molar-refractivity contribution in [1.29, 1.82) is 0 Å². The van der Waals surface area contributed by atoms with Gasteiger partial charge in [0.2, 0.25) is 0 Å². The van der Waals surface area contributed by atoms with Gasteiger partial charge in [-0.1, -0.05) is 12.1 Å². The number of nitrogens with two attached hydrogens (primary N) is 1. The molecule has 0 aliphatic carbocycles. The number of rotatable bonds is 5. The summed E-state index contributed by atoms with van der Waals surface area (Å²) in [5, 5.41) is 9.72. The minimum absolute atomic E-state index is 0.413. The van der Waals surface area contributed by atoms with Crippen molar-refractivity contribution < 1.29 is 9.84 Å². The van der Waals surface area contributed by atoms with E-state index in [0.717, 1.165) is 17.7 Å². The maximum atomic E-state index is 9.72. The Labute approximate surface area is 84.5 Å². The van der Waals surface area contributed by atoms with Crippen molar-refractivity contribution in [2.45, 2.75) is 18.9 Å². The van der Waals surface area contributed by atoms with Gasteiger partial charge in [0.15, 0.2) is 0 Å². The zero-order valence-electron chi connectivity index (χ0n) is 8.44. The lowest BCUT2D eigenvalue weighted by molar-refractivity contribution is 0.165. The van der Waals surface area contributed by atoms with Crippen LogP contribution in [0, 0.1) is 0 Å². The Morgan fingerprint density at radius 3 is 2.50 bits per heavy atom. The third-order valence-electron chi connectivity index (χ3n) is 2.18. The molecule has 14 heavy (non-hydrogen) atoms. The normalized spacial score (nSPS) is 12.5. The second-order valence-electron chi connectivity index (χ2n) is 3.22. The molecule has 0 saturated carbocycles. The van der Waals surface area contributed by atoms with Crippen molar-refractivity contribution in [3.05, 3.63) is 29.8 Å². The predicted octanol–water partition coefficient (Wildman–Crippen LogP) is 1.47. The summed E-state index contributed by atoms with van der Waals surface area (Å²) in [7, 11) is 1.62. The third kappa shape index (κ3) is 3.01. The molecule has 1 atom stereocenters. The zero-order chi connectivity index (χ0) is 10.4. The zero-order valence-corrected chi connectivity index (χ0v) is 8.44. The van der Waals surface area contributed by atoms with Crippen molar-refractivity contribution in [2.75, 3.05) is 13.7 Å². The van der Waals surface area contributed by atoms with Gasteiger partial charge in [0, 0.05) is 0 Å². The van der Waals surface area contributed by atoms with Crippen LogP contribution in [-0.2, 0) is 0 Å². The fourth-order valence-corrected chi connectivity index (χ4v) is 1.30. The summed E-state index contributed by atoms with van der Waals surface area (Å²) >= 11 is 0. The highest BCUT2D eigenvalue weighted by Crippen LogP contribution is 2.20. The number of aliphatic hydroxyl groups excluding tert-OH is 1.